The van der Waals surface area contributed by atoms with E-state index in [1.807, 2.05) is 4.90 Å². The maximum Gasteiger partial charge on any atom is 0.419 e. The number of hydrogen-bond acceptors (Lipinski definition) is 6. The van der Waals surface area contributed by atoms with E-state index in [0.717, 1.165) is 25.7 Å². The SMILES string of the molecule is O=C(O)c1ccccc1-c1nc(Nc2cnn(C3CCN(C(=O)C4CC4)CC3)c2)ncc1C(F)(F)F. The highest BCUT2D eigenvalue weighted by atomic mass is 19.4. The van der Waals surface area contributed by atoms with Gasteiger partial charge in [-0.15, -0.1) is 0 Å². The van der Waals surface area contributed by atoms with Crippen molar-refractivity contribution in [3.05, 3.63) is 54.0 Å². The van der Waals surface area contributed by atoms with Crippen molar-refractivity contribution >= 4 is 23.5 Å². The van der Waals surface area contributed by atoms with Gasteiger partial charge in [0, 0.05) is 37.0 Å². The van der Waals surface area contributed by atoms with Gasteiger partial charge in [0.25, 0.3) is 0 Å². The van der Waals surface area contributed by atoms with E-state index < -0.39 is 23.4 Å². The highest BCUT2D eigenvalue weighted by Gasteiger charge is 2.37. The van der Waals surface area contributed by atoms with E-state index in [1.54, 1.807) is 10.9 Å². The van der Waals surface area contributed by atoms with Gasteiger partial charge in [-0.25, -0.2) is 14.8 Å². The van der Waals surface area contributed by atoms with Gasteiger partial charge in [-0.3, -0.25) is 9.48 Å². The lowest BCUT2D eigenvalue weighted by atomic mass is 10.0. The number of carboxylic acids is 1. The molecule has 0 radical (unpaired) electrons. The fraction of sp³-hybridized carbons (Fsp3) is 0.375. The van der Waals surface area contributed by atoms with Crippen LogP contribution in [0.15, 0.2) is 42.9 Å². The molecule has 2 N–H and O–H groups in total. The van der Waals surface area contributed by atoms with Gasteiger partial charge in [-0.1, -0.05) is 18.2 Å². The molecular formula is C24H23F3N6O3. The summed E-state index contributed by atoms with van der Waals surface area (Å²) in [5.74, 6) is -1.06. The number of likely N-dealkylation sites (tertiary alicyclic amines) is 1. The monoisotopic (exact) mass is 500 g/mol. The van der Waals surface area contributed by atoms with Gasteiger partial charge in [0.15, 0.2) is 0 Å². The zero-order chi connectivity index (χ0) is 25.4. The molecular weight excluding hydrogens is 477 g/mol. The molecule has 0 atom stereocenters. The summed E-state index contributed by atoms with van der Waals surface area (Å²) >= 11 is 0. The number of hydrogen-bond donors (Lipinski definition) is 2. The van der Waals surface area contributed by atoms with Crippen LogP contribution in [0.5, 0.6) is 0 Å². The normalized spacial score (nSPS) is 16.7. The quantitative estimate of drug-likeness (QED) is 0.517. The zero-order valence-electron chi connectivity index (χ0n) is 19.1. The van der Waals surface area contributed by atoms with Crippen LogP contribution >= 0.6 is 0 Å². The molecule has 1 aliphatic heterocycles. The first-order chi connectivity index (χ1) is 17.2. The first-order valence-electron chi connectivity index (χ1n) is 11.6. The predicted molar refractivity (Wildman–Crippen MR) is 123 cm³/mol. The van der Waals surface area contributed by atoms with Crippen LogP contribution in [-0.4, -0.2) is 54.7 Å². The Kier molecular flexibility index (Phi) is 6.10. The molecule has 2 aliphatic rings. The highest BCUT2D eigenvalue weighted by Crippen LogP contribution is 2.38. The van der Waals surface area contributed by atoms with E-state index in [1.165, 1.54) is 30.5 Å². The first kappa shape index (κ1) is 23.8. The maximum absolute atomic E-state index is 13.7. The van der Waals surface area contributed by atoms with Crippen LogP contribution in [0.1, 0.15) is 47.6 Å². The van der Waals surface area contributed by atoms with Crippen molar-refractivity contribution in [2.75, 3.05) is 18.4 Å². The summed E-state index contributed by atoms with van der Waals surface area (Å²) in [4.78, 5) is 33.6. The molecule has 0 spiro atoms. The van der Waals surface area contributed by atoms with E-state index in [4.69, 9.17) is 0 Å². The predicted octanol–water partition coefficient (Wildman–Crippen LogP) is 4.37. The van der Waals surface area contributed by atoms with Crippen LogP contribution < -0.4 is 5.32 Å². The second-order valence-corrected chi connectivity index (χ2v) is 8.97. The Hall–Kier alpha value is -3.96. The molecule has 9 nitrogen and oxygen atoms in total. The molecule has 1 aliphatic carbocycles. The third kappa shape index (κ3) is 4.88. The smallest absolute Gasteiger partial charge is 0.419 e. The molecule has 1 amide bonds. The number of nitrogens with zero attached hydrogens (tertiary/aromatic N) is 5. The molecule has 1 saturated carbocycles. The fourth-order valence-corrected chi connectivity index (χ4v) is 4.40. The van der Waals surface area contributed by atoms with Crippen molar-refractivity contribution in [3.63, 3.8) is 0 Å². The minimum absolute atomic E-state index is 0.0929. The summed E-state index contributed by atoms with van der Waals surface area (Å²) in [6, 6.07) is 5.48. The Morgan fingerprint density at radius 2 is 1.78 bits per heavy atom. The Balaban J connectivity index is 1.35. The number of aromatic nitrogens is 4. The number of nitrogens with one attached hydrogen (secondary N) is 1. The lowest BCUT2D eigenvalue weighted by Gasteiger charge is -2.32. The molecule has 12 heteroatoms. The molecule has 1 saturated heterocycles. The molecule has 2 aromatic heterocycles. The van der Waals surface area contributed by atoms with Crippen LogP contribution in [-0.2, 0) is 11.0 Å². The van der Waals surface area contributed by atoms with Gasteiger partial charge in [0.1, 0.15) is 5.56 Å². The molecule has 0 unspecified atom stereocenters. The number of aromatic carboxylic acids is 1. The van der Waals surface area contributed by atoms with Gasteiger partial charge >= 0.3 is 12.1 Å². The Labute approximate surface area is 204 Å². The van der Waals surface area contributed by atoms with Gasteiger partial charge in [0.2, 0.25) is 11.9 Å². The van der Waals surface area contributed by atoms with Gasteiger partial charge in [-0.05, 0) is 31.7 Å². The molecule has 2 fully saturated rings. The number of piperidine rings is 1. The summed E-state index contributed by atoms with van der Waals surface area (Å²) in [6.45, 7) is 1.33. The average molecular weight is 500 g/mol. The van der Waals surface area contributed by atoms with Crippen LogP contribution in [0.3, 0.4) is 0 Å². The van der Waals surface area contributed by atoms with Crippen LogP contribution in [0.4, 0.5) is 24.8 Å². The number of alkyl halides is 3. The number of carboxylic acid groups (broad SMARTS) is 1. The van der Waals surface area contributed by atoms with E-state index >= 15 is 0 Å². The average Bonchev–Trinajstić information content (AvgIpc) is 3.61. The number of amides is 1. The Morgan fingerprint density at radius 3 is 2.44 bits per heavy atom. The Morgan fingerprint density at radius 1 is 1.06 bits per heavy atom. The van der Waals surface area contributed by atoms with Crippen molar-refractivity contribution in [2.24, 2.45) is 5.92 Å². The minimum atomic E-state index is -4.78. The molecule has 0 bridgehead atoms. The molecule has 3 aromatic rings. The Bertz CT molecular complexity index is 1300. The number of halogens is 3. The van der Waals surface area contributed by atoms with Crippen LogP contribution in [0, 0.1) is 5.92 Å². The van der Waals surface area contributed by atoms with Gasteiger partial charge in [0.05, 0.1) is 29.2 Å². The fourth-order valence-electron chi connectivity index (χ4n) is 4.40. The summed E-state index contributed by atoms with van der Waals surface area (Å²) in [5.41, 5.74) is -1.65. The second kappa shape index (κ2) is 9.25. The number of carbonyl (C=O) groups is 2. The van der Waals surface area contributed by atoms with Crippen molar-refractivity contribution in [1.29, 1.82) is 0 Å². The van der Waals surface area contributed by atoms with Crippen LogP contribution in [0.2, 0.25) is 0 Å². The summed E-state index contributed by atoms with van der Waals surface area (Å²) < 4.78 is 42.8. The third-order valence-electron chi connectivity index (χ3n) is 6.44. The van der Waals surface area contributed by atoms with Gasteiger partial charge < -0.3 is 15.3 Å². The summed E-state index contributed by atoms with van der Waals surface area (Å²) in [6.07, 6.45) is 2.56. The van der Waals surface area contributed by atoms with E-state index in [-0.39, 0.29) is 34.9 Å². The summed E-state index contributed by atoms with van der Waals surface area (Å²) in [5, 5.41) is 16.7. The standard InChI is InChI=1S/C24H23F3N6O3/c25-24(26,27)19-12-28-23(31-20(19)17-3-1-2-4-18(17)22(35)36)30-15-11-29-33(13-15)16-7-9-32(10-8-16)21(34)14-5-6-14/h1-4,11-14,16H,5-10H2,(H,35,36)(H,28,30,31). The topological polar surface area (TPSA) is 113 Å². The zero-order valence-corrected chi connectivity index (χ0v) is 19.1. The number of anilines is 2. The maximum atomic E-state index is 13.7. The molecule has 1 aromatic carbocycles. The van der Waals surface area contributed by atoms with Crippen molar-refractivity contribution in [3.8, 4) is 11.3 Å². The summed E-state index contributed by atoms with van der Waals surface area (Å²) in [7, 11) is 0. The molecule has 188 valence electrons. The number of carbonyl (C=O) groups excluding carboxylic acids is 1. The second-order valence-electron chi connectivity index (χ2n) is 8.97. The van der Waals surface area contributed by atoms with E-state index in [2.05, 4.69) is 20.4 Å². The van der Waals surface area contributed by atoms with Crippen molar-refractivity contribution < 1.29 is 27.9 Å². The number of rotatable bonds is 6. The third-order valence-corrected chi connectivity index (χ3v) is 6.44. The van der Waals surface area contributed by atoms with Crippen molar-refractivity contribution in [2.45, 2.75) is 37.9 Å². The van der Waals surface area contributed by atoms with E-state index in [9.17, 15) is 27.9 Å². The molecule has 3 heterocycles. The number of benzene rings is 1. The highest BCUT2D eigenvalue weighted by molar-refractivity contribution is 5.96. The van der Waals surface area contributed by atoms with Crippen molar-refractivity contribution in [1.82, 2.24) is 24.6 Å². The lowest BCUT2D eigenvalue weighted by molar-refractivity contribution is -0.137. The lowest BCUT2D eigenvalue weighted by Crippen LogP contribution is -2.39. The first-order valence-corrected chi connectivity index (χ1v) is 11.6. The molecule has 5 rings (SSSR count). The minimum Gasteiger partial charge on any atom is -0.478 e. The van der Waals surface area contributed by atoms with Gasteiger partial charge in [-0.2, -0.15) is 18.3 Å². The largest absolute Gasteiger partial charge is 0.478 e. The van der Waals surface area contributed by atoms with E-state index in [0.29, 0.717) is 25.0 Å². The molecule has 36 heavy (non-hydrogen) atoms. The van der Waals surface area contributed by atoms with Crippen LogP contribution in [0.25, 0.3) is 11.3 Å².